The number of hydrogen-bond donors (Lipinski definition) is 0. The van der Waals surface area contributed by atoms with Gasteiger partial charge in [0, 0.05) is 30.8 Å². The number of fused-ring (bicyclic) bond motifs is 1. The fraction of sp³-hybridized carbons (Fsp3) is 0.222. The molecule has 0 aliphatic heterocycles. The molecule has 37 heavy (non-hydrogen) atoms. The zero-order chi connectivity index (χ0) is 26.7. The number of likely N-dealkylation sites (N-methyl/N-ethyl adjacent to an activating group) is 1. The molecule has 1 atom stereocenters. The number of benzene rings is 3. The van der Waals surface area contributed by atoms with Crippen LogP contribution in [0.2, 0.25) is 0 Å². The van der Waals surface area contributed by atoms with Crippen LogP contribution in [0.4, 0.5) is 10.1 Å². The number of para-hydroxylation sites is 1. The van der Waals surface area contributed by atoms with Crippen molar-refractivity contribution in [2.24, 2.45) is 0 Å². The molecule has 0 bridgehead atoms. The summed E-state index contributed by atoms with van der Waals surface area (Å²) in [5.41, 5.74) is 0.466. The molecule has 0 radical (unpaired) electrons. The molecule has 4 aromatic rings. The van der Waals surface area contributed by atoms with Crippen molar-refractivity contribution < 1.29 is 14.1 Å². The maximum absolute atomic E-state index is 13.7. The number of hydrogen-bond acceptors (Lipinski definition) is 6. The van der Waals surface area contributed by atoms with Gasteiger partial charge in [0.05, 0.1) is 27.6 Å². The molecule has 1 unspecified atom stereocenters. The molecule has 0 N–H and O–H groups in total. The van der Waals surface area contributed by atoms with E-state index in [9.17, 15) is 24.1 Å². The Morgan fingerprint density at radius 1 is 1.05 bits per heavy atom. The summed E-state index contributed by atoms with van der Waals surface area (Å²) in [4.78, 5) is 46.3. The molecule has 10 heteroatoms. The van der Waals surface area contributed by atoms with Crippen LogP contribution in [0, 0.1) is 15.9 Å². The first-order chi connectivity index (χ1) is 17.7. The predicted octanol–water partition coefficient (Wildman–Crippen LogP) is 4.20. The second-order valence-corrected chi connectivity index (χ2v) is 8.89. The van der Waals surface area contributed by atoms with Crippen molar-refractivity contribution in [2.45, 2.75) is 13.0 Å². The average Bonchev–Trinajstić information content (AvgIpc) is 2.89. The van der Waals surface area contributed by atoms with E-state index >= 15 is 0 Å². The quantitative estimate of drug-likeness (QED) is 0.264. The Bertz CT molecular complexity index is 1520. The van der Waals surface area contributed by atoms with E-state index in [-0.39, 0.29) is 29.2 Å². The highest BCUT2D eigenvalue weighted by Crippen LogP contribution is 2.25. The van der Waals surface area contributed by atoms with E-state index in [1.807, 2.05) is 19.0 Å². The van der Waals surface area contributed by atoms with Gasteiger partial charge in [-0.1, -0.05) is 18.2 Å². The molecule has 1 amide bonds. The number of amides is 1. The monoisotopic (exact) mass is 503 g/mol. The molecule has 9 nitrogen and oxygen atoms in total. The lowest BCUT2D eigenvalue weighted by Gasteiger charge is -2.31. The Morgan fingerprint density at radius 3 is 2.43 bits per heavy atom. The third-order valence-corrected chi connectivity index (χ3v) is 6.08. The van der Waals surface area contributed by atoms with Gasteiger partial charge in [0.1, 0.15) is 11.6 Å². The van der Waals surface area contributed by atoms with E-state index in [1.54, 1.807) is 31.2 Å². The van der Waals surface area contributed by atoms with E-state index < -0.39 is 22.7 Å². The van der Waals surface area contributed by atoms with Gasteiger partial charge in [-0.3, -0.25) is 24.3 Å². The fourth-order valence-corrected chi connectivity index (χ4v) is 4.11. The SMILES string of the molecule is CC(c1nc2ccccc2c(=O)n1-c1ccc(F)cc1)N(CCN(C)C)C(=O)c1cccc([N+](=O)[O-])c1. The number of nitro groups is 1. The first kappa shape index (κ1) is 25.6. The number of carbonyl (C=O) groups is 1. The van der Waals surface area contributed by atoms with E-state index in [4.69, 9.17) is 4.98 Å². The molecular weight excluding hydrogens is 477 g/mol. The minimum absolute atomic E-state index is 0.149. The van der Waals surface area contributed by atoms with E-state index in [1.165, 1.54) is 58.0 Å². The summed E-state index contributed by atoms with van der Waals surface area (Å²) in [6, 6.07) is 17.2. The van der Waals surface area contributed by atoms with E-state index in [0.717, 1.165) is 0 Å². The molecule has 0 saturated carbocycles. The first-order valence-corrected chi connectivity index (χ1v) is 11.6. The molecule has 4 rings (SSSR count). The molecule has 0 fully saturated rings. The summed E-state index contributed by atoms with van der Waals surface area (Å²) in [6.45, 7) is 2.52. The Labute approximate surface area is 212 Å². The highest BCUT2D eigenvalue weighted by Gasteiger charge is 2.28. The lowest BCUT2D eigenvalue weighted by atomic mass is 10.1. The topological polar surface area (TPSA) is 102 Å². The molecule has 190 valence electrons. The molecular formula is C27H26FN5O4. The van der Waals surface area contributed by atoms with Crippen molar-refractivity contribution in [3.8, 4) is 5.69 Å². The molecule has 0 spiro atoms. The summed E-state index contributed by atoms with van der Waals surface area (Å²) in [5.74, 6) is -0.604. The normalized spacial score (nSPS) is 12.0. The number of halogens is 1. The van der Waals surface area contributed by atoms with Crippen molar-refractivity contribution in [2.75, 3.05) is 27.2 Å². The standard InChI is InChI=1S/C27H26FN5O4/c1-18(31(16-15-30(2)3)26(34)19-7-6-8-22(17-19)33(36)37)25-29-24-10-5-4-9-23(24)27(35)32(25)21-13-11-20(28)12-14-21/h4-14,17-18H,15-16H2,1-3H3. The highest BCUT2D eigenvalue weighted by atomic mass is 19.1. The number of carbonyl (C=O) groups excluding carboxylic acids is 1. The van der Waals surface area contributed by atoms with Gasteiger partial charge in [0.25, 0.3) is 17.2 Å². The van der Waals surface area contributed by atoms with Crippen molar-refractivity contribution in [3.63, 3.8) is 0 Å². The summed E-state index contributed by atoms with van der Waals surface area (Å²) < 4.78 is 15.1. The van der Waals surface area contributed by atoms with Gasteiger partial charge in [0.2, 0.25) is 0 Å². The fourth-order valence-electron chi connectivity index (χ4n) is 4.11. The van der Waals surface area contributed by atoms with Gasteiger partial charge in [0.15, 0.2) is 0 Å². The van der Waals surface area contributed by atoms with Crippen LogP contribution >= 0.6 is 0 Å². The van der Waals surface area contributed by atoms with E-state index in [0.29, 0.717) is 23.1 Å². The Kier molecular flexibility index (Phi) is 7.40. The smallest absolute Gasteiger partial charge is 0.270 e. The van der Waals surface area contributed by atoms with Gasteiger partial charge >= 0.3 is 0 Å². The van der Waals surface area contributed by atoms with Crippen molar-refractivity contribution in [1.82, 2.24) is 19.4 Å². The molecule has 0 saturated heterocycles. The second-order valence-electron chi connectivity index (χ2n) is 8.89. The predicted molar refractivity (Wildman–Crippen MR) is 138 cm³/mol. The zero-order valence-electron chi connectivity index (χ0n) is 20.7. The molecule has 0 aliphatic carbocycles. The maximum Gasteiger partial charge on any atom is 0.270 e. The highest BCUT2D eigenvalue weighted by molar-refractivity contribution is 5.95. The van der Waals surface area contributed by atoms with Crippen LogP contribution < -0.4 is 5.56 Å². The summed E-state index contributed by atoms with van der Waals surface area (Å²) in [7, 11) is 3.73. The molecule has 1 aromatic heterocycles. The number of nitro benzene ring substituents is 1. The second kappa shape index (κ2) is 10.7. The molecule has 3 aromatic carbocycles. The van der Waals surface area contributed by atoms with Crippen LogP contribution in [0.1, 0.15) is 29.1 Å². The van der Waals surface area contributed by atoms with Crippen molar-refractivity contribution in [1.29, 1.82) is 0 Å². The van der Waals surface area contributed by atoms with Gasteiger partial charge in [-0.2, -0.15) is 0 Å². The largest absolute Gasteiger partial charge is 0.327 e. The van der Waals surface area contributed by atoms with Gasteiger partial charge in [-0.25, -0.2) is 9.37 Å². The lowest BCUT2D eigenvalue weighted by Crippen LogP contribution is -2.41. The summed E-state index contributed by atoms with van der Waals surface area (Å²) in [5, 5.41) is 11.7. The summed E-state index contributed by atoms with van der Waals surface area (Å²) in [6.07, 6.45) is 0. The van der Waals surface area contributed by atoms with Crippen LogP contribution in [0.25, 0.3) is 16.6 Å². The Morgan fingerprint density at radius 2 is 1.76 bits per heavy atom. The van der Waals surface area contributed by atoms with Gasteiger partial charge in [-0.05, 0) is 63.5 Å². The van der Waals surface area contributed by atoms with Crippen molar-refractivity contribution >= 4 is 22.5 Å². The Balaban J connectivity index is 1.89. The maximum atomic E-state index is 13.7. The van der Waals surface area contributed by atoms with Crippen molar-refractivity contribution in [3.05, 3.63) is 110 Å². The minimum atomic E-state index is -0.714. The minimum Gasteiger partial charge on any atom is -0.327 e. The third kappa shape index (κ3) is 5.39. The van der Waals surface area contributed by atoms with Crippen LogP contribution in [0.15, 0.2) is 77.6 Å². The number of non-ortho nitro benzene ring substituents is 1. The number of aromatic nitrogens is 2. The third-order valence-electron chi connectivity index (χ3n) is 6.08. The Hall–Kier alpha value is -4.44. The molecule has 1 heterocycles. The van der Waals surface area contributed by atoms with Gasteiger partial charge < -0.3 is 9.80 Å². The zero-order valence-corrected chi connectivity index (χ0v) is 20.7. The summed E-state index contributed by atoms with van der Waals surface area (Å²) >= 11 is 0. The average molecular weight is 504 g/mol. The lowest BCUT2D eigenvalue weighted by molar-refractivity contribution is -0.384. The number of nitrogens with zero attached hydrogens (tertiary/aromatic N) is 5. The molecule has 0 aliphatic rings. The van der Waals surface area contributed by atoms with Crippen LogP contribution in [0.5, 0.6) is 0 Å². The van der Waals surface area contributed by atoms with E-state index in [2.05, 4.69) is 0 Å². The van der Waals surface area contributed by atoms with Crippen LogP contribution in [0.3, 0.4) is 0 Å². The van der Waals surface area contributed by atoms with Crippen LogP contribution in [-0.2, 0) is 0 Å². The van der Waals surface area contributed by atoms with Gasteiger partial charge in [-0.15, -0.1) is 0 Å². The van der Waals surface area contributed by atoms with Crippen LogP contribution in [-0.4, -0.2) is 57.4 Å². The number of rotatable bonds is 8. The first-order valence-electron chi connectivity index (χ1n) is 11.6.